The van der Waals surface area contributed by atoms with Crippen molar-refractivity contribution in [1.82, 2.24) is 9.97 Å². The molecule has 2 amide bonds. The third-order valence-electron chi connectivity index (χ3n) is 5.10. The van der Waals surface area contributed by atoms with Gasteiger partial charge in [0.25, 0.3) is 0 Å². The summed E-state index contributed by atoms with van der Waals surface area (Å²) in [6.07, 6.45) is 3.09. The number of carbonyl (C=O) groups excluding carboxylic acids is 3. The van der Waals surface area contributed by atoms with E-state index in [2.05, 4.69) is 20.6 Å². The maximum atomic E-state index is 13.8. The molecule has 0 aliphatic carbocycles. The van der Waals surface area contributed by atoms with Gasteiger partial charge in [0.1, 0.15) is 11.4 Å². The highest BCUT2D eigenvalue weighted by molar-refractivity contribution is 6.15. The summed E-state index contributed by atoms with van der Waals surface area (Å²) in [4.78, 5) is 46.0. The van der Waals surface area contributed by atoms with Gasteiger partial charge in [-0.3, -0.25) is 24.4 Å². The number of para-hydroxylation sites is 2. The van der Waals surface area contributed by atoms with Crippen molar-refractivity contribution in [2.75, 3.05) is 10.6 Å². The van der Waals surface area contributed by atoms with E-state index in [-0.39, 0.29) is 29.0 Å². The monoisotopic (exact) mass is 450 g/mol. The van der Waals surface area contributed by atoms with Gasteiger partial charge in [-0.2, -0.15) is 0 Å². The Bertz CT molecular complexity index is 1290. The first-order chi connectivity index (χ1) is 16.5. The molecule has 0 saturated carbocycles. The number of carbonyl (C=O) groups is 3. The fourth-order valence-corrected chi connectivity index (χ4v) is 3.75. The average Bonchev–Trinajstić information content (AvgIpc) is 2.84. The zero-order chi connectivity index (χ0) is 24.1. The smallest absolute Gasteiger partial charge is 0.230 e. The highest BCUT2D eigenvalue weighted by Crippen LogP contribution is 2.34. The number of anilines is 2. The molecule has 0 spiro atoms. The van der Waals surface area contributed by atoms with E-state index in [1.807, 2.05) is 36.4 Å². The summed E-state index contributed by atoms with van der Waals surface area (Å²) < 4.78 is 0. The van der Waals surface area contributed by atoms with E-state index in [0.717, 1.165) is 0 Å². The van der Waals surface area contributed by atoms with E-state index >= 15 is 0 Å². The van der Waals surface area contributed by atoms with Gasteiger partial charge < -0.3 is 10.6 Å². The van der Waals surface area contributed by atoms with Crippen LogP contribution in [0, 0.1) is 0 Å². The van der Waals surface area contributed by atoms with E-state index < -0.39 is 0 Å². The van der Waals surface area contributed by atoms with Crippen molar-refractivity contribution in [1.29, 1.82) is 0 Å². The van der Waals surface area contributed by atoms with Crippen LogP contribution in [0.2, 0.25) is 0 Å². The predicted octanol–water partition coefficient (Wildman–Crippen LogP) is 4.96. The summed E-state index contributed by atoms with van der Waals surface area (Å²) in [5, 5.41) is 5.61. The van der Waals surface area contributed by atoms with Crippen LogP contribution >= 0.6 is 0 Å². The molecule has 2 aromatic carbocycles. The van der Waals surface area contributed by atoms with Crippen LogP contribution in [0.25, 0.3) is 22.3 Å². The second kappa shape index (κ2) is 9.87. The fourth-order valence-electron chi connectivity index (χ4n) is 3.75. The normalized spacial score (nSPS) is 10.4. The Morgan fingerprint density at radius 1 is 0.559 bits per heavy atom. The van der Waals surface area contributed by atoms with Crippen LogP contribution < -0.4 is 10.6 Å². The molecular formula is C27H22N4O3. The molecule has 0 fully saturated rings. The molecule has 4 aromatic rings. The lowest BCUT2D eigenvalue weighted by Gasteiger charge is -2.15. The molecule has 7 heteroatoms. The second-order valence-electron chi connectivity index (χ2n) is 7.58. The summed E-state index contributed by atoms with van der Waals surface area (Å²) in [7, 11) is 0. The van der Waals surface area contributed by atoms with Gasteiger partial charge in [-0.25, -0.2) is 0 Å². The molecule has 0 aliphatic rings. The number of ketones is 1. The van der Waals surface area contributed by atoms with Crippen LogP contribution in [0.15, 0.2) is 85.2 Å². The molecule has 0 saturated heterocycles. The lowest BCUT2D eigenvalue weighted by Crippen LogP contribution is -2.12. The van der Waals surface area contributed by atoms with Gasteiger partial charge in [-0.05, 0) is 24.3 Å². The number of rotatable bonds is 6. The summed E-state index contributed by atoms with van der Waals surface area (Å²) in [5.74, 6) is -0.807. The third-order valence-corrected chi connectivity index (χ3v) is 5.10. The molecule has 4 rings (SSSR count). The molecule has 0 aliphatic heterocycles. The maximum Gasteiger partial charge on any atom is 0.230 e. The molecule has 0 radical (unpaired) electrons. The van der Waals surface area contributed by atoms with Crippen molar-refractivity contribution >= 4 is 29.0 Å². The van der Waals surface area contributed by atoms with E-state index in [1.54, 1.807) is 48.8 Å². The Hall–Kier alpha value is -4.65. The molecule has 2 N–H and O–H groups in total. The zero-order valence-corrected chi connectivity index (χ0v) is 18.7. The van der Waals surface area contributed by atoms with E-state index in [0.29, 0.717) is 33.6 Å². The van der Waals surface area contributed by atoms with E-state index in [1.165, 1.54) is 13.8 Å². The molecule has 2 heterocycles. The standard InChI is InChI=1S/C27H22N4O3/c1-17(32)30-23-13-5-3-9-19(23)21-11-7-15-28-25(21)27(34)26-22(12-8-16-29-26)20-10-4-6-14-24(20)31-18(2)33/h3-16H,1-2H3,(H,30,32)(H,31,33). The van der Waals surface area contributed by atoms with Crippen LogP contribution in [0.4, 0.5) is 11.4 Å². The molecule has 0 atom stereocenters. The number of nitrogens with one attached hydrogen (secondary N) is 2. The Balaban J connectivity index is 1.85. The van der Waals surface area contributed by atoms with Gasteiger partial charge in [-0.15, -0.1) is 0 Å². The van der Waals surface area contributed by atoms with Gasteiger partial charge in [0, 0.05) is 59.9 Å². The van der Waals surface area contributed by atoms with Crippen LogP contribution in [-0.2, 0) is 9.59 Å². The summed E-state index contributed by atoms with van der Waals surface area (Å²) >= 11 is 0. The average molecular weight is 450 g/mol. The number of pyridine rings is 2. The van der Waals surface area contributed by atoms with Crippen molar-refractivity contribution in [3.8, 4) is 22.3 Å². The number of benzene rings is 2. The molecular weight excluding hydrogens is 428 g/mol. The third kappa shape index (κ3) is 4.73. The topological polar surface area (TPSA) is 101 Å². The van der Waals surface area contributed by atoms with Crippen molar-refractivity contribution in [3.63, 3.8) is 0 Å². The van der Waals surface area contributed by atoms with Gasteiger partial charge in [-0.1, -0.05) is 48.5 Å². The van der Waals surface area contributed by atoms with E-state index in [9.17, 15) is 14.4 Å². The minimum Gasteiger partial charge on any atom is -0.326 e. The first-order valence-electron chi connectivity index (χ1n) is 10.6. The van der Waals surface area contributed by atoms with Crippen LogP contribution in [0.1, 0.15) is 30.0 Å². The van der Waals surface area contributed by atoms with Crippen LogP contribution in [-0.4, -0.2) is 27.6 Å². The lowest BCUT2D eigenvalue weighted by atomic mass is 9.95. The molecule has 7 nitrogen and oxygen atoms in total. The molecule has 34 heavy (non-hydrogen) atoms. The van der Waals surface area contributed by atoms with Gasteiger partial charge in [0.2, 0.25) is 17.6 Å². The lowest BCUT2D eigenvalue weighted by molar-refractivity contribution is -0.115. The van der Waals surface area contributed by atoms with Gasteiger partial charge in [0.15, 0.2) is 0 Å². The van der Waals surface area contributed by atoms with Crippen molar-refractivity contribution in [2.24, 2.45) is 0 Å². The predicted molar refractivity (Wildman–Crippen MR) is 131 cm³/mol. The molecule has 0 bridgehead atoms. The van der Waals surface area contributed by atoms with Crippen LogP contribution in [0.3, 0.4) is 0 Å². The SMILES string of the molecule is CC(=O)Nc1ccccc1-c1cccnc1C(=O)c1ncccc1-c1ccccc1NC(C)=O. The minimum atomic E-state index is -0.374. The zero-order valence-electron chi connectivity index (χ0n) is 18.7. The van der Waals surface area contributed by atoms with Crippen molar-refractivity contribution in [3.05, 3.63) is 96.6 Å². The number of aromatic nitrogens is 2. The number of amides is 2. The first kappa shape index (κ1) is 22.5. The summed E-state index contributed by atoms with van der Waals surface area (Å²) in [6.45, 7) is 2.86. The summed E-state index contributed by atoms with van der Waals surface area (Å²) in [6, 6.07) is 21.5. The molecule has 2 aromatic heterocycles. The van der Waals surface area contributed by atoms with Crippen molar-refractivity contribution < 1.29 is 14.4 Å². The fraction of sp³-hybridized carbons (Fsp3) is 0.0741. The quantitative estimate of drug-likeness (QED) is 0.405. The summed E-state index contributed by atoms with van der Waals surface area (Å²) in [5.41, 5.74) is 4.06. The maximum absolute atomic E-state index is 13.8. The van der Waals surface area contributed by atoms with E-state index in [4.69, 9.17) is 0 Å². The van der Waals surface area contributed by atoms with Gasteiger partial charge >= 0.3 is 0 Å². The highest BCUT2D eigenvalue weighted by Gasteiger charge is 2.23. The van der Waals surface area contributed by atoms with Gasteiger partial charge in [0.05, 0.1) is 0 Å². The Labute approximate surface area is 196 Å². The molecule has 168 valence electrons. The minimum absolute atomic E-state index is 0.206. The first-order valence-corrected chi connectivity index (χ1v) is 10.6. The Morgan fingerprint density at radius 2 is 0.941 bits per heavy atom. The Morgan fingerprint density at radius 3 is 1.35 bits per heavy atom. The number of nitrogens with zero attached hydrogens (tertiary/aromatic N) is 2. The number of hydrogen-bond acceptors (Lipinski definition) is 5. The highest BCUT2D eigenvalue weighted by atomic mass is 16.2. The van der Waals surface area contributed by atoms with Crippen LogP contribution in [0.5, 0.6) is 0 Å². The largest absolute Gasteiger partial charge is 0.326 e. The molecule has 0 unspecified atom stereocenters. The second-order valence-corrected chi connectivity index (χ2v) is 7.58. The number of hydrogen-bond donors (Lipinski definition) is 2. The van der Waals surface area contributed by atoms with Crippen molar-refractivity contribution in [2.45, 2.75) is 13.8 Å². The Kier molecular flexibility index (Phi) is 6.54.